The van der Waals surface area contributed by atoms with E-state index in [-0.39, 0.29) is 17.9 Å². The van der Waals surface area contributed by atoms with Crippen LogP contribution in [0, 0.1) is 0 Å². The fourth-order valence-electron chi connectivity index (χ4n) is 3.74. The molecule has 0 bridgehead atoms. The molecule has 3 aromatic rings. The maximum atomic E-state index is 13.1. The zero-order valence-electron chi connectivity index (χ0n) is 16.7. The Labute approximate surface area is 184 Å². The van der Waals surface area contributed by atoms with Crippen molar-refractivity contribution >= 4 is 29.1 Å². The van der Waals surface area contributed by atoms with Gasteiger partial charge in [0.25, 0.3) is 11.7 Å². The Morgan fingerprint density at radius 1 is 1.13 bits per heavy atom. The smallest absolute Gasteiger partial charge is 0.295 e. The van der Waals surface area contributed by atoms with Crippen LogP contribution in [0.1, 0.15) is 22.7 Å². The van der Waals surface area contributed by atoms with Crippen LogP contribution < -0.4 is 4.74 Å². The van der Waals surface area contributed by atoms with Crippen LogP contribution in [-0.4, -0.2) is 33.8 Å². The van der Waals surface area contributed by atoms with Gasteiger partial charge in [0.05, 0.1) is 25.3 Å². The van der Waals surface area contributed by atoms with Gasteiger partial charge in [-0.05, 0) is 29.8 Å². The van der Waals surface area contributed by atoms with Gasteiger partial charge in [-0.25, -0.2) is 0 Å². The molecule has 0 saturated carbocycles. The number of pyridine rings is 1. The normalized spacial score (nSPS) is 17.7. The predicted octanol–water partition coefficient (Wildman–Crippen LogP) is 4.37. The first-order chi connectivity index (χ1) is 15.0. The van der Waals surface area contributed by atoms with Crippen LogP contribution >= 0.6 is 11.6 Å². The van der Waals surface area contributed by atoms with E-state index in [0.717, 1.165) is 5.56 Å². The molecule has 1 fully saturated rings. The van der Waals surface area contributed by atoms with Crippen molar-refractivity contribution in [2.24, 2.45) is 0 Å². The Bertz CT molecular complexity index is 1180. The van der Waals surface area contributed by atoms with Crippen LogP contribution in [0.15, 0.2) is 78.6 Å². The molecule has 1 N–H and O–H groups in total. The molecular weight excluding hydrogens is 416 g/mol. The number of para-hydroxylation sites is 1. The molecule has 1 unspecified atom stereocenters. The average Bonchev–Trinajstić information content (AvgIpc) is 3.04. The van der Waals surface area contributed by atoms with Gasteiger partial charge in [-0.15, -0.1) is 0 Å². The van der Waals surface area contributed by atoms with Gasteiger partial charge in [-0.2, -0.15) is 0 Å². The lowest BCUT2D eigenvalue weighted by atomic mass is 9.96. The first-order valence-electron chi connectivity index (χ1n) is 9.57. The SMILES string of the molecule is COc1ccccc1CN1C(=O)C(=O)/C(=C(\O)c2cccc(Cl)c2)C1c1cccnc1. The highest BCUT2D eigenvalue weighted by molar-refractivity contribution is 6.46. The number of hydrogen-bond acceptors (Lipinski definition) is 5. The Balaban J connectivity index is 1.86. The molecule has 31 heavy (non-hydrogen) atoms. The summed E-state index contributed by atoms with van der Waals surface area (Å²) in [6, 6.07) is 16.5. The summed E-state index contributed by atoms with van der Waals surface area (Å²) >= 11 is 6.06. The number of methoxy groups -OCH3 is 1. The number of Topliss-reactive ketones (excluding diaryl/α,β-unsaturated/α-hetero) is 1. The summed E-state index contributed by atoms with van der Waals surface area (Å²) in [6.45, 7) is 0.125. The fraction of sp³-hybridized carbons (Fsp3) is 0.125. The van der Waals surface area contributed by atoms with E-state index in [0.29, 0.717) is 21.9 Å². The van der Waals surface area contributed by atoms with Crippen molar-refractivity contribution in [3.05, 3.63) is 100 Å². The third kappa shape index (κ3) is 3.90. The molecule has 7 heteroatoms. The Kier molecular flexibility index (Phi) is 5.73. The molecule has 6 nitrogen and oxygen atoms in total. The molecule has 2 heterocycles. The molecule has 1 atom stereocenters. The van der Waals surface area contributed by atoms with Gasteiger partial charge in [-0.3, -0.25) is 14.6 Å². The molecule has 1 saturated heterocycles. The summed E-state index contributed by atoms with van der Waals surface area (Å²) in [4.78, 5) is 31.7. The van der Waals surface area contributed by atoms with Gasteiger partial charge in [0.1, 0.15) is 11.5 Å². The number of nitrogens with zero attached hydrogens (tertiary/aromatic N) is 2. The molecule has 1 amide bonds. The number of rotatable bonds is 5. The van der Waals surface area contributed by atoms with Gasteiger partial charge >= 0.3 is 0 Å². The van der Waals surface area contributed by atoms with E-state index in [1.165, 1.54) is 4.90 Å². The third-order valence-electron chi connectivity index (χ3n) is 5.17. The first kappa shape index (κ1) is 20.6. The van der Waals surface area contributed by atoms with Gasteiger partial charge in [0, 0.05) is 28.5 Å². The number of carbonyl (C=O) groups excluding carboxylic acids is 2. The summed E-state index contributed by atoms with van der Waals surface area (Å²) in [5, 5.41) is 11.4. The number of halogens is 1. The quantitative estimate of drug-likeness (QED) is 0.366. The minimum absolute atomic E-state index is 0.00448. The van der Waals surface area contributed by atoms with Crippen molar-refractivity contribution < 1.29 is 19.4 Å². The largest absolute Gasteiger partial charge is 0.507 e. The number of aromatic nitrogens is 1. The summed E-state index contributed by atoms with van der Waals surface area (Å²) in [7, 11) is 1.55. The monoisotopic (exact) mass is 434 g/mol. The second-order valence-electron chi connectivity index (χ2n) is 7.04. The van der Waals surface area contributed by atoms with Crippen molar-refractivity contribution in [3.63, 3.8) is 0 Å². The van der Waals surface area contributed by atoms with Crippen molar-refractivity contribution in [1.29, 1.82) is 0 Å². The average molecular weight is 435 g/mol. The Morgan fingerprint density at radius 2 is 1.94 bits per heavy atom. The second-order valence-corrected chi connectivity index (χ2v) is 7.47. The molecule has 0 radical (unpaired) electrons. The van der Waals surface area contributed by atoms with Crippen LogP contribution in [0.2, 0.25) is 5.02 Å². The number of likely N-dealkylation sites (tertiary alicyclic amines) is 1. The lowest BCUT2D eigenvalue weighted by Crippen LogP contribution is -2.29. The van der Waals surface area contributed by atoms with Crippen molar-refractivity contribution in [2.75, 3.05) is 7.11 Å². The molecule has 4 rings (SSSR count). The summed E-state index contributed by atoms with van der Waals surface area (Å²) < 4.78 is 5.40. The van der Waals surface area contributed by atoms with E-state index in [1.807, 2.05) is 18.2 Å². The molecule has 0 spiro atoms. The van der Waals surface area contributed by atoms with Gasteiger partial charge in [0.2, 0.25) is 0 Å². The molecule has 0 aliphatic carbocycles. The van der Waals surface area contributed by atoms with Crippen molar-refractivity contribution in [1.82, 2.24) is 9.88 Å². The van der Waals surface area contributed by atoms with E-state index in [4.69, 9.17) is 16.3 Å². The minimum atomic E-state index is -0.808. The minimum Gasteiger partial charge on any atom is -0.507 e. The number of carbonyl (C=O) groups is 2. The third-order valence-corrected chi connectivity index (χ3v) is 5.41. The molecule has 156 valence electrons. The molecular formula is C24H19ClN2O4. The van der Waals surface area contributed by atoms with Crippen molar-refractivity contribution in [3.8, 4) is 5.75 Å². The van der Waals surface area contributed by atoms with Crippen LogP contribution in [0.25, 0.3) is 5.76 Å². The van der Waals surface area contributed by atoms with Crippen LogP contribution in [0.5, 0.6) is 5.75 Å². The van der Waals surface area contributed by atoms with E-state index >= 15 is 0 Å². The molecule has 1 aliphatic rings. The van der Waals surface area contributed by atoms with Gasteiger partial charge < -0.3 is 14.7 Å². The predicted molar refractivity (Wildman–Crippen MR) is 117 cm³/mol. The zero-order valence-corrected chi connectivity index (χ0v) is 17.4. The highest BCUT2D eigenvalue weighted by atomic mass is 35.5. The molecule has 1 aromatic heterocycles. The number of benzene rings is 2. The number of amides is 1. The highest BCUT2D eigenvalue weighted by Crippen LogP contribution is 2.40. The maximum Gasteiger partial charge on any atom is 0.295 e. The van der Waals surface area contributed by atoms with Gasteiger partial charge in [-0.1, -0.05) is 48.0 Å². The Hall–Kier alpha value is -3.64. The van der Waals surface area contributed by atoms with Crippen LogP contribution in [0.3, 0.4) is 0 Å². The number of ether oxygens (including phenoxy) is 1. The first-order valence-corrected chi connectivity index (χ1v) is 9.95. The lowest BCUT2D eigenvalue weighted by Gasteiger charge is -2.25. The van der Waals surface area contributed by atoms with E-state index in [9.17, 15) is 14.7 Å². The lowest BCUT2D eigenvalue weighted by molar-refractivity contribution is -0.140. The van der Waals surface area contributed by atoms with E-state index in [2.05, 4.69) is 4.98 Å². The number of ketones is 1. The summed E-state index contributed by atoms with van der Waals surface area (Å²) in [5.74, 6) is -1.15. The van der Waals surface area contributed by atoms with Crippen LogP contribution in [0.4, 0.5) is 0 Å². The van der Waals surface area contributed by atoms with Gasteiger partial charge in [0.15, 0.2) is 0 Å². The second kappa shape index (κ2) is 8.62. The molecule has 1 aliphatic heterocycles. The number of hydrogen-bond donors (Lipinski definition) is 1. The zero-order chi connectivity index (χ0) is 22.0. The van der Waals surface area contributed by atoms with Crippen molar-refractivity contribution in [2.45, 2.75) is 12.6 Å². The summed E-state index contributed by atoms with van der Waals surface area (Å²) in [5.41, 5.74) is 1.70. The maximum absolute atomic E-state index is 13.1. The number of aliphatic hydroxyl groups is 1. The van der Waals surface area contributed by atoms with E-state index in [1.54, 1.807) is 62.0 Å². The topological polar surface area (TPSA) is 79.7 Å². The number of aliphatic hydroxyl groups excluding tert-OH is 1. The standard InChI is InChI=1S/C24H19ClN2O4/c1-31-19-10-3-2-6-17(19)14-27-21(16-8-5-11-26-13-16)20(23(29)24(27)30)22(28)15-7-4-9-18(25)12-15/h2-13,21,28H,14H2,1H3/b22-20-. The Morgan fingerprint density at radius 3 is 2.65 bits per heavy atom. The van der Waals surface area contributed by atoms with E-state index < -0.39 is 17.7 Å². The molecule has 2 aromatic carbocycles. The fourth-order valence-corrected chi connectivity index (χ4v) is 3.93. The highest BCUT2D eigenvalue weighted by Gasteiger charge is 2.46. The van der Waals surface area contributed by atoms with Crippen LogP contribution in [-0.2, 0) is 16.1 Å². The summed E-state index contributed by atoms with van der Waals surface area (Å²) in [6.07, 6.45) is 3.18.